The van der Waals surface area contributed by atoms with Crippen LogP contribution in [0.1, 0.15) is 26.2 Å². The second-order valence-corrected chi connectivity index (χ2v) is 14.1. The Morgan fingerprint density at radius 1 is 0.463 bits per heavy atom. The molecule has 0 N–H and O–H groups in total. The van der Waals surface area contributed by atoms with Crippen molar-refractivity contribution in [3.8, 4) is 34.5 Å². The lowest BCUT2D eigenvalue weighted by Crippen LogP contribution is -2.26. The zero-order valence-corrected chi connectivity index (χ0v) is 28.4. The van der Waals surface area contributed by atoms with E-state index in [1.807, 2.05) is 36.4 Å². The van der Waals surface area contributed by atoms with Crippen LogP contribution in [-0.2, 0) is 0 Å². The van der Waals surface area contributed by atoms with Gasteiger partial charge in [0.1, 0.15) is 0 Å². The molecule has 0 saturated carbocycles. The Balaban J connectivity index is 1.71. The van der Waals surface area contributed by atoms with Crippen LogP contribution in [0.25, 0.3) is 0 Å². The van der Waals surface area contributed by atoms with Crippen molar-refractivity contribution < 1.29 is 28.4 Å². The Morgan fingerprint density at radius 2 is 0.756 bits per heavy atom. The van der Waals surface area contributed by atoms with Crippen LogP contribution in [0.3, 0.4) is 0 Å². The average molecular weight is 607 g/mol. The minimum atomic E-state index is 0.206. The molecule has 9 heteroatoms. The van der Waals surface area contributed by atoms with Crippen LogP contribution in [0.5, 0.6) is 34.5 Å². The number of methoxy groups -OCH3 is 6. The molecular formula is C32H42O6Si3. The Labute approximate surface area is 253 Å². The van der Waals surface area contributed by atoms with Crippen molar-refractivity contribution in [1.82, 2.24) is 0 Å². The second kappa shape index (κ2) is 16.5. The summed E-state index contributed by atoms with van der Waals surface area (Å²) in [5.74, 6) is 4.95. The van der Waals surface area contributed by atoms with E-state index in [1.165, 1.54) is 15.6 Å². The summed E-state index contributed by atoms with van der Waals surface area (Å²) in [6.07, 6.45) is 3.43. The number of para-hydroxylation sites is 3. The fraction of sp³-hybridized carbons (Fsp3) is 0.438. The molecule has 0 unspecified atom stereocenters. The SMILES string of the molecule is COc1cccc([Si]CCC(C)(CC[Si]c2cccc(OC)c2OC)CC[Si]c2cccc(OC)c2OC)c1OC. The lowest BCUT2D eigenvalue weighted by molar-refractivity contribution is 0.286. The van der Waals surface area contributed by atoms with Crippen molar-refractivity contribution in [1.29, 1.82) is 0 Å². The molecule has 218 valence electrons. The van der Waals surface area contributed by atoms with E-state index < -0.39 is 0 Å². The van der Waals surface area contributed by atoms with E-state index in [4.69, 9.17) is 28.4 Å². The topological polar surface area (TPSA) is 55.4 Å². The molecule has 6 radical (unpaired) electrons. The summed E-state index contributed by atoms with van der Waals surface area (Å²) in [4.78, 5) is 0. The first-order valence-corrected chi connectivity index (χ1v) is 17.4. The van der Waals surface area contributed by atoms with Gasteiger partial charge >= 0.3 is 0 Å². The molecule has 3 aromatic rings. The first-order valence-electron chi connectivity index (χ1n) is 13.8. The summed E-state index contributed by atoms with van der Waals surface area (Å²) >= 11 is 0. The summed E-state index contributed by atoms with van der Waals surface area (Å²) in [7, 11) is 12.2. The van der Waals surface area contributed by atoms with Crippen LogP contribution in [0.4, 0.5) is 0 Å². The highest BCUT2D eigenvalue weighted by molar-refractivity contribution is 6.55. The van der Waals surface area contributed by atoms with Crippen LogP contribution < -0.4 is 44.0 Å². The molecule has 6 nitrogen and oxygen atoms in total. The van der Waals surface area contributed by atoms with E-state index in [2.05, 4.69) is 25.1 Å². The predicted octanol–water partition coefficient (Wildman–Crippen LogP) is 4.56. The Bertz CT molecular complexity index is 1090. The van der Waals surface area contributed by atoms with E-state index in [0.717, 1.165) is 71.9 Å². The lowest BCUT2D eigenvalue weighted by atomic mass is 9.82. The quantitative estimate of drug-likeness (QED) is 0.198. The molecule has 0 spiro atoms. The molecule has 0 amide bonds. The van der Waals surface area contributed by atoms with Gasteiger partial charge in [-0.25, -0.2) is 0 Å². The van der Waals surface area contributed by atoms with Crippen LogP contribution in [0.15, 0.2) is 54.6 Å². The first kappa shape index (κ1) is 32.6. The average Bonchev–Trinajstić information content (AvgIpc) is 3.00. The maximum absolute atomic E-state index is 5.70. The number of ether oxygens (including phenoxy) is 6. The number of hydrogen-bond acceptors (Lipinski definition) is 6. The first-order chi connectivity index (χ1) is 19.9. The fourth-order valence-electron chi connectivity index (χ4n) is 4.95. The number of benzene rings is 3. The molecular weight excluding hydrogens is 565 g/mol. The van der Waals surface area contributed by atoms with Crippen molar-refractivity contribution in [2.75, 3.05) is 42.7 Å². The van der Waals surface area contributed by atoms with Crippen LogP contribution in [-0.4, -0.2) is 71.2 Å². The summed E-state index contributed by atoms with van der Waals surface area (Å²) < 4.78 is 33.7. The van der Waals surface area contributed by atoms with Gasteiger partial charge < -0.3 is 28.4 Å². The molecule has 41 heavy (non-hydrogen) atoms. The van der Waals surface area contributed by atoms with Crippen LogP contribution >= 0.6 is 0 Å². The van der Waals surface area contributed by atoms with Gasteiger partial charge in [0.2, 0.25) is 0 Å². The van der Waals surface area contributed by atoms with Gasteiger partial charge in [0.15, 0.2) is 34.5 Å². The number of rotatable bonds is 18. The van der Waals surface area contributed by atoms with Gasteiger partial charge in [-0.1, -0.05) is 80.7 Å². The van der Waals surface area contributed by atoms with E-state index in [-0.39, 0.29) is 5.41 Å². The maximum atomic E-state index is 5.70. The second-order valence-electron chi connectivity index (χ2n) is 9.96. The van der Waals surface area contributed by atoms with E-state index in [1.54, 1.807) is 42.7 Å². The van der Waals surface area contributed by atoms with Gasteiger partial charge in [-0.05, 0) is 39.2 Å². The fourth-order valence-corrected chi connectivity index (χ4v) is 9.74. The zero-order valence-electron chi connectivity index (χ0n) is 25.4. The van der Waals surface area contributed by atoms with Gasteiger partial charge in [0, 0.05) is 0 Å². The summed E-state index contributed by atoms with van der Waals surface area (Å²) in [6, 6.07) is 21.8. The summed E-state index contributed by atoms with van der Waals surface area (Å²) in [6.45, 7) is 2.46. The van der Waals surface area contributed by atoms with Crippen LogP contribution in [0, 0.1) is 5.41 Å². The van der Waals surface area contributed by atoms with Gasteiger partial charge in [-0.15, -0.1) is 0 Å². The Kier molecular flexibility index (Phi) is 13.2. The standard InChI is InChI=1S/C32H42O6Si3/c1-32(17-20-39-26-14-8-11-23(33-2)29(26)36-5,18-21-40-27-15-9-12-24(34-3)30(27)37-6)19-22-41-28-16-10-13-25(35-4)31(28)38-7/h8-16H,17-22H2,1-7H3. The molecule has 0 atom stereocenters. The third-order valence-corrected chi connectivity index (χ3v) is 11.2. The van der Waals surface area contributed by atoms with Gasteiger partial charge in [0.25, 0.3) is 0 Å². The highest BCUT2D eigenvalue weighted by Crippen LogP contribution is 2.36. The number of hydrogen-bond donors (Lipinski definition) is 0. The minimum absolute atomic E-state index is 0.206. The van der Waals surface area contributed by atoms with E-state index in [9.17, 15) is 0 Å². The molecule has 0 fully saturated rings. The molecule has 0 aromatic heterocycles. The van der Waals surface area contributed by atoms with E-state index >= 15 is 0 Å². The minimum Gasteiger partial charge on any atom is -0.493 e. The largest absolute Gasteiger partial charge is 0.493 e. The zero-order chi connectivity index (χ0) is 29.7. The molecule has 3 aromatic carbocycles. The third kappa shape index (κ3) is 8.80. The summed E-state index contributed by atoms with van der Waals surface area (Å²) in [5.41, 5.74) is 0.206. The van der Waals surface area contributed by atoms with Gasteiger partial charge in [0.05, 0.1) is 71.2 Å². The highest BCUT2D eigenvalue weighted by Gasteiger charge is 2.25. The molecule has 0 heterocycles. The molecule has 0 bridgehead atoms. The van der Waals surface area contributed by atoms with Crippen molar-refractivity contribution in [3.63, 3.8) is 0 Å². The summed E-state index contributed by atoms with van der Waals surface area (Å²) in [5, 5.41) is 3.67. The third-order valence-electron chi connectivity index (χ3n) is 7.34. The highest BCUT2D eigenvalue weighted by atomic mass is 28.2. The van der Waals surface area contributed by atoms with Gasteiger partial charge in [-0.3, -0.25) is 0 Å². The Hall–Kier alpha value is -2.89. The normalized spacial score (nSPS) is 11.2. The van der Waals surface area contributed by atoms with Crippen LogP contribution in [0.2, 0.25) is 18.1 Å². The molecule has 0 saturated heterocycles. The monoisotopic (exact) mass is 606 g/mol. The lowest BCUT2D eigenvalue weighted by Gasteiger charge is -2.30. The molecule has 0 aliphatic carbocycles. The maximum Gasteiger partial charge on any atom is 0.160 e. The van der Waals surface area contributed by atoms with Crippen molar-refractivity contribution in [2.45, 2.75) is 44.3 Å². The smallest absolute Gasteiger partial charge is 0.160 e. The van der Waals surface area contributed by atoms with Crippen molar-refractivity contribution in [2.24, 2.45) is 5.41 Å². The molecule has 3 rings (SSSR count). The van der Waals surface area contributed by atoms with E-state index in [0.29, 0.717) is 28.6 Å². The van der Waals surface area contributed by atoms with Gasteiger partial charge in [-0.2, -0.15) is 0 Å². The Morgan fingerprint density at radius 3 is 1.00 bits per heavy atom. The van der Waals surface area contributed by atoms with Crippen molar-refractivity contribution in [3.05, 3.63) is 54.6 Å². The predicted molar refractivity (Wildman–Crippen MR) is 171 cm³/mol. The van der Waals surface area contributed by atoms with Crippen molar-refractivity contribution >= 4 is 44.1 Å². The molecule has 0 aliphatic heterocycles. The molecule has 0 aliphatic rings.